The Hall–Kier alpha value is -2.87. The molecule has 34 heavy (non-hydrogen) atoms. The zero-order chi connectivity index (χ0) is 24.2. The second-order valence-electron chi connectivity index (χ2n) is 8.92. The molecule has 3 aromatic rings. The smallest absolute Gasteiger partial charge is 0.304 e. The molecule has 176 valence electrons. The summed E-state index contributed by atoms with van der Waals surface area (Å²) >= 11 is 6.68. The lowest BCUT2D eigenvalue weighted by Crippen LogP contribution is -2.33. The van der Waals surface area contributed by atoms with Crippen LogP contribution in [0.15, 0.2) is 59.5 Å². The summed E-state index contributed by atoms with van der Waals surface area (Å²) in [5.41, 5.74) is 4.95. The van der Waals surface area contributed by atoms with Crippen LogP contribution >= 0.6 is 11.6 Å². The highest BCUT2D eigenvalue weighted by Gasteiger charge is 2.37. The van der Waals surface area contributed by atoms with Gasteiger partial charge in [0.2, 0.25) is 10.0 Å². The molecule has 0 radical (unpaired) electrons. The second-order valence-corrected chi connectivity index (χ2v) is 11.2. The average molecular weight is 498 g/mol. The minimum Gasteiger partial charge on any atom is -0.483 e. The summed E-state index contributed by atoms with van der Waals surface area (Å²) in [6, 6.07) is 16.1. The van der Waals surface area contributed by atoms with Crippen LogP contribution in [-0.2, 0) is 21.4 Å². The van der Waals surface area contributed by atoms with Crippen molar-refractivity contribution < 1.29 is 23.1 Å². The van der Waals surface area contributed by atoms with Gasteiger partial charge in [-0.3, -0.25) is 4.79 Å². The molecular weight excluding hydrogens is 474 g/mol. The molecule has 6 bridgehead atoms. The van der Waals surface area contributed by atoms with Crippen LogP contribution in [0.1, 0.15) is 51.8 Å². The Morgan fingerprint density at radius 3 is 2.62 bits per heavy atom. The van der Waals surface area contributed by atoms with Gasteiger partial charge in [-0.2, -0.15) is 4.31 Å². The molecule has 0 saturated carbocycles. The van der Waals surface area contributed by atoms with Gasteiger partial charge in [0.25, 0.3) is 0 Å². The number of nitrogens with zero attached hydrogens (tertiary/aromatic N) is 1. The van der Waals surface area contributed by atoms with Gasteiger partial charge in [0.1, 0.15) is 16.7 Å². The topological polar surface area (TPSA) is 83.9 Å². The number of halogens is 1. The zero-order valence-electron chi connectivity index (χ0n) is 18.8. The molecule has 2 aliphatic rings. The standard InChI is InChI=1S/C26H24ClNO5S/c1-15-7-8-17-10-18(15)13-28-14-24(33-23-5-3-4-6-25(23)34(28,31)32)21-11-19(16(2)9-22(21)27)20(17)12-26(29)30/h3-11,20,24H,12-14H2,1-2H3,(H,29,30)/t20?,24-/m0/s1. The molecule has 1 N–H and O–H groups in total. The van der Waals surface area contributed by atoms with Crippen molar-refractivity contribution in [2.75, 3.05) is 6.54 Å². The average Bonchev–Trinajstić information content (AvgIpc) is 2.89. The summed E-state index contributed by atoms with van der Waals surface area (Å²) in [7, 11) is -3.85. The Kier molecular flexibility index (Phi) is 5.67. The quantitative estimate of drug-likeness (QED) is 0.526. The van der Waals surface area contributed by atoms with Gasteiger partial charge >= 0.3 is 5.97 Å². The first-order valence-electron chi connectivity index (χ1n) is 11.0. The predicted octanol–water partition coefficient (Wildman–Crippen LogP) is 5.20. The Labute approximate surface area is 203 Å². The van der Waals surface area contributed by atoms with E-state index in [1.165, 1.54) is 4.31 Å². The van der Waals surface area contributed by atoms with E-state index in [1.54, 1.807) is 24.3 Å². The van der Waals surface area contributed by atoms with Gasteiger partial charge in [-0.15, -0.1) is 0 Å². The van der Waals surface area contributed by atoms with E-state index < -0.39 is 28.0 Å². The summed E-state index contributed by atoms with van der Waals surface area (Å²) in [5.74, 6) is -1.05. The molecule has 0 aliphatic carbocycles. The third kappa shape index (κ3) is 3.87. The van der Waals surface area contributed by atoms with E-state index in [-0.39, 0.29) is 30.2 Å². The molecular formula is C26H24ClNO5S. The molecule has 0 saturated heterocycles. The molecule has 2 unspecified atom stereocenters. The molecule has 6 nitrogen and oxygen atoms in total. The summed E-state index contributed by atoms with van der Waals surface area (Å²) in [5, 5.41) is 10.2. The molecule has 5 rings (SSSR count). The van der Waals surface area contributed by atoms with Gasteiger partial charge in [0, 0.05) is 23.0 Å². The molecule has 8 heteroatoms. The lowest BCUT2D eigenvalue weighted by atomic mass is 9.83. The Bertz CT molecular complexity index is 1420. The fraction of sp³-hybridized carbons (Fsp3) is 0.269. The van der Waals surface area contributed by atoms with Gasteiger partial charge < -0.3 is 9.84 Å². The number of carbonyl (C=O) groups is 1. The van der Waals surface area contributed by atoms with Crippen molar-refractivity contribution in [3.63, 3.8) is 0 Å². The number of carboxylic acids is 1. The lowest BCUT2D eigenvalue weighted by Gasteiger charge is -2.25. The van der Waals surface area contributed by atoms with Crippen molar-refractivity contribution in [3.8, 4) is 5.75 Å². The molecule has 0 fully saturated rings. The van der Waals surface area contributed by atoms with Gasteiger partial charge in [0.15, 0.2) is 0 Å². The van der Waals surface area contributed by atoms with E-state index in [9.17, 15) is 18.3 Å². The molecule has 2 aliphatic heterocycles. The number of aliphatic carboxylic acids is 1. The van der Waals surface area contributed by atoms with Crippen molar-refractivity contribution >= 4 is 27.6 Å². The number of hydrogen-bond donors (Lipinski definition) is 1. The minimum absolute atomic E-state index is 0.0759. The van der Waals surface area contributed by atoms with E-state index in [2.05, 4.69) is 0 Å². The SMILES string of the molecule is Cc1ccc2cc1CN1C[C@H](Oc3ccccc3S1(=O)=O)c1cc(c(C)cc1Cl)C2CC(=O)O. The zero-order valence-corrected chi connectivity index (χ0v) is 20.4. The van der Waals surface area contributed by atoms with E-state index in [0.717, 1.165) is 27.8 Å². The van der Waals surface area contributed by atoms with Gasteiger partial charge in [-0.1, -0.05) is 41.9 Å². The molecule has 3 aromatic carbocycles. The Morgan fingerprint density at radius 1 is 1.09 bits per heavy atom. The molecule has 0 amide bonds. The largest absolute Gasteiger partial charge is 0.483 e. The fourth-order valence-electron chi connectivity index (χ4n) is 4.86. The maximum absolute atomic E-state index is 13.7. The molecule has 2 heterocycles. The van der Waals surface area contributed by atoms with Crippen molar-refractivity contribution in [1.29, 1.82) is 0 Å². The van der Waals surface area contributed by atoms with E-state index in [0.29, 0.717) is 10.6 Å². The first-order valence-corrected chi connectivity index (χ1v) is 12.8. The summed E-state index contributed by atoms with van der Waals surface area (Å²) in [4.78, 5) is 12.0. The number of carboxylic acid groups (broad SMARTS) is 1. The lowest BCUT2D eigenvalue weighted by molar-refractivity contribution is -0.137. The van der Waals surface area contributed by atoms with Crippen LogP contribution in [0.3, 0.4) is 0 Å². The molecule has 0 spiro atoms. The predicted molar refractivity (Wildman–Crippen MR) is 129 cm³/mol. The summed E-state index contributed by atoms with van der Waals surface area (Å²) in [6.07, 6.45) is -0.756. The van der Waals surface area contributed by atoms with Gasteiger partial charge in [-0.05, 0) is 65.9 Å². The first kappa shape index (κ1) is 22.9. The number of sulfonamides is 1. The highest BCUT2D eigenvalue weighted by Crippen LogP contribution is 2.42. The van der Waals surface area contributed by atoms with Crippen molar-refractivity contribution in [3.05, 3.63) is 93.0 Å². The Morgan fingerprint density at radius 2 is 1.85 bits per heavy atom. The van der Waals surface area contributed by atoms with Crippen LogP contribution in [0.4, 0.5) is 0 Å². The maximum atomic E-state index is 13.7. The Balaban J connectivity index is 1.82. The maximum Gasteiger partial charge on any atom is 0.304 e. The minimum atomic E-state index is -3.85. The monoisotopic (exact) mass is 497 g/mol. The number of fused-ring (bicyclic) bond motifs is 8. The van der Waals surface area contributed by atoms with Crippen LogP contribution in [0.5, 0.6) is 5.75 Å². The number of ether oxygens (including phenoxy) is 1. The van der Waals surface area contributed by atoms with E-state index in [1.807, 2.05) is 44.2 Å². The summed E-state index contributed by atoms with van der Waals surface area (Å²) < 4.78 is 35.1. The van der Waals surface area contributed by atoms with Crippen molar-refractivity contribution in [2.45, 2.75) is 43.7 Å². The highest BCUT2D eigenvalue weighted by molar-refractivity contribution is 7.89. The van der Waals surface area contributed by atoms with Crippen LogP contribution in [0.25, 0.3) is 0 Å². The first-order chi connectivity index (χ1) is 16.1. The van der Waals surface area contributed by atoms with E-state index >= 15 is 0 Å². The summed E-state index contributed by atoms with van der Waals surface area (Å²) in [6.45, 7) is 4.06. The van der Waals surface area contributed by atoms with Gasteiger partial charge in [-0.25, -0.2) is 8.42 Å². The fourth-order valence-corrected chi connectivity index (χ4v) is 6.74. The third-order valence-electron chi connectivity index (χ3n) is 6.71. The van der Waals surface area contributed by atoms with E-state index in [4.69, 9.17) is 16.3 Å². The van der Waals surface area contributed by atoms with Crippen LogP contribution in [-0.4, -0.2) is 30.3 Å². The number of para-hydroxylation sites is 1. The third-order valence-corrected chi connectivity index (χ3v) is 8.89. The highest BCUT2D eigenvalue weighted by atomic mass is 35.5. The second kappa shape index (κ2) is 8.41. The molecule has 3 atom stereocenters. The van der Waals surface area contributed by atoms with Crippen LogP contribution in [0.2, 0.25) is 5.02 Å². The normalized spacial score (nSPS) is 22.5. The van der Waals surface area contributed by atoms with Crippen molar-refractivity contribution in [1.82, 2.24) is 4.31 Å². The number of aryl methyl sites for hydroxylation is 2. The number of rotatable bonds is 2. The van der Waals surface area contributed by atoms with Gasteiger partial charge in [0.05, 0.1) is 13.0 Å². The molecule has 0 aromatic heterocycles. The van der Waals surface area contributed by atoms with Crippen LogP contribution < -0.4 is 4.74 Å². The number of benzene rings is 3. The van der Waals surface area contributed by atoms with Crippen molar-refractivity contribution in [2.24, 2.45) is 0 Å². The number of hydrogen-bond acceptors (Lipinski definition) is 4. The van der Waals surface area contributed by atoms with Crippen LogP contribution in [0, 0.1) is 13.8 Å².